The van der Waals surface area contributed by atoms with Crippen LogP contribution in [0.1, 0.15) is 27.5 Å². The lowest BCUT2D eigenvalue weighted by Gasteiger charge is -2.27. The molecule has 7 heteroatoms. The van der Waals surface area contributed by atoms with Gasteiger partial charge in [-0.15, -0.1) is 11.3 Å². The molecule has 2 aromatic heterocycles. The number of benzene rings is 1. The van der Waals surface area contributed by atoms with Crippen molar-refractivity contribution in [3.8, 4) is 5.75 Å². The first-order valence-electron chi connectivity index (χ1n) is 8.10. The number of pyridine rings is 1. The minimum Gasteiger partial charge on any atom is -0.506 e. The Morgan fingerprint density at radius 3 is 2.77 bits per heavy atom. The molecule has 0 radical (unpaired) electrons. The van der Waals surface area contributed by atoms with Crippen LogP contribution in [0.25, 0.3) is 0 Å². The Bertz CT molecular complexity index is 960. The Labute approximate surface area is 166 Å². The molecule has 1 fully saturated rings. The molecule has 4 rings (SSSR count). The molecule has 26 heavy (non-hydrogen) atoms. The summed E-state index contributed by atoms with van der Waals surface area (Å²) in [5.74, 6) is 0.137. The van der Waals surface area contributed by atoms with Gasteiger partial charge in [-0.2, -0.15) is 0 Å². The highest BCUT2D eigenvalue weighted by Gasteiger charge is 2.42. The summed E-state index contributed by atoms with van der Waals surface area (Å²) < 4.78 is 0. The Morgan fingerprint density at radius 2 is 2.08 bits per heavy atom. The molecule has 0 saturated carbocycles. The average molecular weight is 402 g/mol. The summed E-state index contributed by atoms with van der Waals surface area (Å²) in [5.41, 5.74) is 1.49. The standard InChI is InChI=1S/C19H16ClN3OS2/c1-11-5-8-16(26-11)18-17(13-4-2-3-9-21-13)22-19(25)23(18)14-10-12(20)6-7-15(14)24/h2-10,17-18,24H,1H3,(H,22,25)/t17-,18-/m0/s1. The van der Waals surface area contributed by atoms with Gasteiger partial charge in [0, 0.05) is 21.0 Å². The monoisotopic (exact) mass is 401 g/mol. The Kier molecular flexibility index (Phi) is 4.56. The summed E-state index contributed by atoms with van der Waals surface area (Å²) in [6, 6.07) is 14.8. The minimum atomic E-state index is -0.125. The van der Waals surface area contributed by atoms with Crippen molar-refractivity contribution in [2.24, 2.45) is 0 Å². The number of hydrogen-bond acceptors (Lipinski definition) is 4. The van der Waals surface area contributed by atoms with E-state index in [2.05, 4.69) is 29.4 Å². The van der Waals surface area contributed by atoms with Crippen LogP contribution in [0.5, 0.6) is 5.75 Å². The maximum absolute atomic E-state index is 10.4. The fraction of sp³-hybridized carbons (Fsp3) is 0.158. The van der Waals surface area contributed by atoms with Crippen LogP contribution in [0, 0.1) is 6.92 Å². The van der Waals surface area contributed by atoms with Crippen molar-refractivity contribution in [3.05, 3.63) is 75.2 Å². The molecule has 1 aromatic carbocycles. The number of phenolic OH excluding ortho intramolecular Hbond substituents is 1. The van der Waals surface area contributed by atoms with Gasteiger partial charge in [0.2, 0.25) is 0 Å². The van der Waals surface area contributed by atoms with E-state index in [1.807, 2.05) is 23.1 Å². The molecule has 0 aliphatic carbocycles. The largest absolute Gasteiger partial charge is 0.506 e. The molecule has 132 valence electrons. The molecule has 0 bridgehead atoms. The number of nitrogens with zero attached hydrogens (tertiary/aromatic N) is 2. The number of nitrogens with one attached hydrogen (secondary N) is 1. The number of aromatic nitrogens is 1. The summed E-state index contributed by atoms with van der Waals surface area (Å²) >= 11 is 13.5. The van der Waals surface area contributed by atoms with Gasteiger partial charge in [-0.05, 0) is 61.6 Å². The van der Waals surface area contributed by atoms with Crippen LogP contribution in [0.3, 0.4) is 0 Å². The zero-order chi connectivity index (χ0) is 18.3. The number of aromatic hydroxyl groups is 1. The van der Waals surface area contributed by atoms with Gasteiger partial charge >= 0.3 is 0 Å². The highest BCUT2D eigenvalue weighted by molar-refractivity contribution is 7.80. The minimum absolute atomic E-state index is 0.125. The summed E-state index contributed by atoms with van der Waals surface area (Å²) in [6.07, 6.45) is 1.77. The second-order valence-electron chi connectivity index (χ2n) is 6.08. The molecule has 3 aromatic rings. The van der Waals surface area contributed by atoms with Gasteiger partial charge in [-0.3, -0.25) is 4.98 Å². The number of halogens is 1. The number of phenols is 1. The van der Waals surface area contributed by atoms with E-state index in [9.17, 15) is 5.11 Å². The number of thiocarbonyl (C=S) groups is 1. The van der Waals surface area contributed by atoms with E-state index in [4.69, 9.17) is 23.8 Å². The molecule has 0 unspecified atom stereocenters. The van der Waals surface area contributed by atoms with Crippen LogP contribution in [0.15, 0.2) is 54.7 Å². The van der Waals surface area contributed by atoms with Crippen molar-refractivity contribution in [3.63, 3.8) is 0 Å². The lowest BCUT2D eigenvalue weighted by Crippen LogP contribution is -2.29. The van der Waals surface area contributed by atoms with Gasteiger partial charge in [-0.1, -0.05) is 17.7 Å². The Hall–Kier alpha value is -2.15. The van der Waals surface area contributed by atoms with Crippen LogP contribution in [0.4, 0.5) is 5.69 Å². The fourth-order valence-electron chi connectivity index (χ4n) is 3.21. The highest BCUT2D eigenvalue weighted by atomic mass is 35.5. The van der Waals surface area contributed by atoms with Gasteiger partial charge in [0.1, 0.15) is 5.75 Å². The molecular formula is C19H16ClN3OS2. The summed E-state index contributed by atoms with van der Waals surface area (Å²) in [7, 11) is 0. The van der Waals surface area contributed by atoms with Gasteiger partial charge in [0.05, 0.1) is 23.5 Å². The third kappa shape index (κ3) is 3.05. The predicted octanol–water partition coefficient (Wildman–Crippen LogP) is 4.99. The first kappa shape index (κ1) is 17.3. The van der Waals surface area contributed by atoms with Crippen molar-refractivity contribution in [2.45, 2.75) is 19.0 Å². The third-order valence-corrected chi connectivity index (χ3v) is 5.97. The van der Waals surface area contributed by atoms with E-state index >= 15 is 0 Å². The Balaban J connectivity index is 1.86. The molecule has 1 saturated heterocycles. The number of aryl methyl sites for hydroxylation is 1. The summed E-state index contributed by atoms with van der Waals surface area (Å²) in [6.45, 7) is 2.08. The van der Waals surface area contributed by atoms with Gasteiger partial charge < -0.3 is 15.3 Å². The second kappa shape index (κ2) is 6.87. The normalized spacial score (nSPS) is 19.6. The quantitative estimate of drug-likeness (QED) is 0.605. The molecule has 3 heterocycles. The topological polar surface area (TPSA) is 48.4 Å². The predicted molar refractivity (Wildman–Crippen MR) is 110 cm³/mol. The SMILES string of the molecule is Cc1ccc([C@H]2[C@H](c3ccccn3)NC(=S)N2c2cc(Cl)ccc2O)s1. The van der Waals surface area contributed by atoms with Crippen LogP contribution in [-0.4, -0.2) is 15.2 Å². The lowest BCUT2D eigenvalue weighted by atomic mass is 10.0. The lowest BCUT2D eigenvalue weighted by molar-refractivity contribution is 0.473. The summed E-state index contributed by atoms with van der Waals surface area (Å²) in [5, 5.41) is 14.9. The molecule has 1 aliphatic rings. The van der Waals surface area contributed by atoms with Crippen LogP contribution >= 0.6 is 35.2 Å². The van der Waals surface area contributed by atoms with Crippen molar-refractivity contribution in [1.29, 1.82) is 0 Å². The van der Waals surface area contributed by atoms with Crippen LogP contribution in [0.2, 0.25) is 5.02 Å². The van der Waals surface area contributed by atoms with E-state index in [0.29, 0.717) is 15.8 Å². The van der Waals surface area contributed by atoms with E-state index in [1.54, 1.807) is 35.7 Å². The summed E-state index contributed by atoms with van der Waals surface area (Å²) in [4.78, 5) is 8.80. The van der Waals surface area contributed by atoms with E-state index < -0.39 is 0 Å². The van der Waals surface area contributed by atoms with Crippen molar-refractivity contribution in [2.75, 3.05) is 4.90 Å². The number of anilines is 1. The van der Waals surface area contributed by atoms with Gasteiger partial charge in [0.25, 0.3) is 0 Å². The van der Waals surface area contributed by atoms with Crippen LogP contribution < -0.4 is 10.2 Å². The number of hydrogen-bond donors (Lipinski definition) is 2. The molecule has 2 atom stereocenters. The zero-order valence-electron chi connectivity index (χ0n) is 13.9. The number of thiophene rings is 1. The fourth-order valence-corrected chi connectivity index (χ4v) is 4.72. The molecule has 4 nitrogen and oxygen atoms in total. The zero-order valence-corrected chi connectivity index (χ0v) is 16.3. The van der Waals surface area contributed by atoms with E-state index in [1.165, 1.54) is 4.88 Å². The molecule has 2 N–H and O–H groups in total. The number of rotatable bonds is 3. The average Bonchev–Trinajstić information content (AvgIpc) is 3.21. The molecule has 0 amide bonds. The van der Waals surface area contributed by atoms with E-state index in [-0.39, 0.29) is 17.8 Å². The first-order chi connectivity index (χ1) is 12.5. The van der Waals surface area contributed by atoms with Crippen molar-refractivity contribution >= 4 is 46.0 Å². The molecule has 1 aliphatic heterocycles. The smallest absolute Gasteiger partial charge is 0.174 e. The first-order valence-corrected chi connectivity index (χ1v) is 9.70. The molecular weight excluding hydrogens is 386 g/mol. The highest BCUT2D eigenvalue weighted by Crippen LogP contribution is 2.46. The Morgan fingerprint density at radius 1 is 1.23 bits per heavy atom. The second-order valence-corrected chi connectivity index (χ2v) is 8.22. The third-order valence-electron chi connectivity index (χ3n) is 4.35. The maximum Gasteiger partial charge on any atom is 0.174 e. The van der Waals surface area contributed by atoms with Crippen molar-refractivity contribution < 1.29 is 5.11 Å². The van der Waals surface area contributed by atoms with E-state index in [0.717, 1.165) is 10.6 Å². The maximum atomic E-state index is 10.4. The van der Waals surface area contributed by atoms with Crippen molar-refractivity contribution in [1.82, 2.24) is 10.3 Å². The molecule has 0 spiro atoms. The van der Waals surface area contributed by atoms with Gasteiger partial charge in [0.15, 0.2) is 5.11 Å². The van der Waals surface area contributed by atoms with Crippen LogP contribution in [-0.2, 0) is 0 Å². The van der Waals surface area contributed by atoms with Gasteiger partial charge in [-0.25, -0.2) is 0 Å².